The molecule has 0 radical (unpaired) electrons. The number of hydrogen-bond acceptors (Lipinski definition) is 4. The van der Waals surface area contributed by atoms with Crippen LogP contribution >= 0.6 is 11.6 Å². The van der Waals surface area contributed by atoms with Crippen LogP contribution in [-0.4, -0.2) is 29.0 Å². The summed E-state index contributed by atoms with van der Waals surface area (Å²) in [7, 11) is 1.52. The van der Waals surface area contributed by atoms with E-state index in [4.69, 9.17) is 21.1 Å². The molecule has 5 nitrogen and oxygen atoms in total. The molecule has 0 saturated heterocycles. The minimum absolute atomic E-state index is 0.115. The molecule has 0 saturated carbocycles. The Kier molecular flexibility index (Phi) is 6.51. The number of methoxy groups -OCH3 is 1. The number of rotatable bonds is 5. The predicted octanol–water partition coefficient (Wildman–Crippen LogP) is 4.05. The van der Waals surface area contributed by atoms with Crippen LogP contribution in [0.5, 0.6) is 11.5 Å². The Morgan fingerprint density at radius 2 is 1.70 bits per heavy atom. The lowest BCUT2D eigenvalue weighted by molar-refractivity contribution is 0.0276. The molecule has 6 heteroatoms. The molecule has 154 valence electrons. The van der Waals surface area contributed by atoms with Gasteiger partial charge in [-0.2, -0.15) is 0 Å². The smallest absolute Gasteiger partial charge is 0.256 e. The quantitative estimate of drug-likeness (QED) is 0.629. The van der Waals surface area contributed by atoms with Crippen LogP contribution in [0.15, 0.2) is 65.6 Å². The molecule has 0 fully saturated rings. The summed E-state index contributed by atoms with van der Waals surface area (Å²) in [5, 5.41) is 10.5. The van der Waals surface area contributed by atoms with E-state index in [1.807, 2.05) is 12.1 Å². The molecule has 0 aliphatic carbocycles. The fourth-order valence-electron chi connectivity index (χ4n) is 2.63. The van der Waals surface area contributed by atoms with E-state index in [0.717, 1.165) is 5.56 Å². The second-order valence-corrected chi connectivity index (χ2v) is 7.75. The average molecular weight is 424 g/mol. The van der Waals surface area contributed by atoms with E-state index in [9.17, 15) is 9.90 Å². The van der Waals surface area contributed by atoms with Crippen molar-refractivity contribution in [2.75, 3.05) is 13.7 Å². The van der Waals surface area contributed by atoms with E-state index in [1.165, 1.54) is 17.7 Å². The van der Waals surface area contributed by atoms with Crippen molar-refractivity contribution >= 4 is 11.6 Å². The Balaban J connectivity index is 1.84. The zero-order valence-electron chi connectivity index (χ0n) is 17.0. The van der Waals surface area contributed by atoms with Crippen molar-refractivity contribution in [1.82, 2.24) is 4.57 Å². The zero-order chi connectivity index (χ0) is 21.7. The number of ether oxygens (including phenoxy) is 2. The minimum atomic E-state index is -0.969. The number of aliphatic hydroxyl groups is 1. The molecule has 1 N–H and O–H groups in total. The Morgan fingerprint density at radius 3 is 2.33 bits per heavy atom. The van der Waals surface area contributed by atoms with Gasteiger partial charge < -0.3 is 14.6 Å². The molecule has 0 atom stereocenters. The molecule has 3 aromatic rings. The largest absolute Gasteiger partial charge is 0.493 e. The van der Waals surface area contributed by atoms with Gasteiger partial charge >= 0.3 is 0 Å². The predicted molar refractivity (Wildman–Crippen MR) is 118 cm³/mol. The highest BCUT2D eigenvalue weighted by Crippen LogP contribution is 2.29. The molecule has 0 unspecified atom stereocenters. The normalized spacial score (nSPS) is 10.8. The highest BCUT2D eigenvalue weighted by atomic mass is 35.5. The zero-order valence-corrected chi connectivity index (χ0v) is 17.7. The van der Waals surface area contributed by atoms with Crippen molar-refractivity contribution in [2.45, 2.75) is 19.4 Å². The van der Waals surface area contributed by atoms with E-state index < -0.39 is 5.60 Å². The van der Waals surface area contributed by atoms with Crippen molar-refractivity contribution in [3.63, 3.8) is 0 Å². The highest BCUT2D eigenvalue weighted by Gasteiger charge is 2.15. The second kappa shape index (κ2) is 9.08. The third-order valence-corrected chi connectivity index (χ3v) is 4.37. The van der Waals surface area contributed by atoms with Gasteiger partial charge in [0.25, 0.3) is 5.56 Å². The van der Waals surface area contributed by atoms with Crippen molar-refractivity contribution in [2.24, 2.45) is 0 Å². The Hall–Kier alpha value is -3.20. The molecule has 2 aromatic carbocycles. The van der Waals surface area contributed by atoms with Gasteiger partial charge in [-0.15, -0.1) is 0 Å². The van der Waals surface area contributed by atoms with Crippen molar-refractivity contribution < 1.29 is 14.6 Å². The number of hydrogen-bond donors (Lipinski definition) is 1. The monoisotopic (exact) mass is 423 g/mol. The van der Waals surface area contributed by atoms with E-state index in [2.05, 4.69) is 11.8 Å². The summed E-state index contributed by atoms with van der Waals surface area (Å²) in [6.07, 6.45) is 1.67. The average Bonchev–Trinajstić information content (AvgIpc) is 2.71. The van der Waals surface area contributed by atoms with Gasteiger partial charge in [-0.25, -0.2) is 0 Å². The second-order valence-electron chi connectivity index (χ2n) is 7.32. The van der Waals surface area contributed by atoms with Gasteiger partial charge in [0.1, 0.15) is 6.61 Å². The maximum Gasteiger partial charge on any atom is 0.256 e. The van der Waals surface area contributed by atoms with E-state index in [0.29, 0.717) is 27.8 Å². The van der Waals surface area contributed by atoms with Gasteiger partial charge in [0, 0.05) is 34.5 Å². The molecule has 0 bridgehead atoms. The third-order valence-electron chi connectivity index (χ3n) is 4.12. The number of benzene rings is 2. The topological polar surface area (TPSA) is 60.7 Å². The SMILES string of the molecule is COc1cc(-n2ccc(C#Cc3ccc(Cl)cc3)cc2=O)ccc1OCC(C)(C)O. The summed E-state index contributed by atoms with van der Waals surface area (Å²) >= 11 is 5.87. The van der Waals surface area contributed by atoms with Gasteiger partial charge in [-0.05, 0) is 56.3 Å². The van der Waals surface area contributed by atoms with Crippen LogP contribution in [0.25, 0.3) is 5.69 Å². The molecule has 0 aliphatic heterocycles. The fraction of sp³-hybridized carbons (Fsp3) is 0.208. The summed E-state index contributed by atoms with van der Waals surface area (Å²) in [6.45, 7) is 3.43. The van der Waals surface area contributed by atoms with Gasteiger partial charge in [0.05, 0.1) is 18.4 Å². The number of nitrogens with zero attached hydrogens (tertiary/aromatic N) is 1. The first-order valence-electron chi connectivity index (χ1n) is 9.29. The number of pyridine rings is 1. The molecule has 1 aromatic heterocycles. The Labute approximate surface area is 180 Å². The summed E-state index contributed by atoms with van der Waals surface area (Å²) < 4.78 is 12.5. The van der Waals surface area contributed by atoms with Crippen LogP contribution in [0.3, 0.4) is 0 Å². The van der Waals surface area contributed by atoms with Gasteiger partial charge in [0.15, 0.2) is 11.5 Å². The lowest BCUT2D eigenvalue weighted by Crippen LogP contribution is -2.28. The highest BCUT2D eigenvalue weighted by molar-refractivity contribution is 6.30. The first-order valence-corrected chi connectivity index (χ1v) is 9.67. The summed E-state index contributed by atoms with van der Waals surface area (Å²) in [5.74, 6) is 6.96. The molecule has 1 heterocycles. The van der Waals surface area contributed by atoms with E-state index >= 15 is 0 Å². The molecular weight excluding hydrogens is 402 g/mol. The lowest BCUT2D eigenvalue weighted by atomic mass is 10.1. The van der Waals surface area contributed by atoms with Crippen molar-refractivity contribution in [3.8, 4) is 29.0 Å². The van der Waals surface area contributed by atoms with Crippen LogP contribution in [0, 0.1) is 11.8 Å². The summed E-state index contributed by atoms with van der Waals surface area (Å²) in [6, 6.07) is 15.6. The number of aromatic nitrogens is 1. The maximum absolute atomic E-state index is 12.6. The Morgan fingerprint density at radius 1 is 1.00 bits per heavy atom. The first-order chi connectivity index (χ1) is 14.2. The van der Waals surface area contributed by atoms with Crippen LogP contribution < -0.4 is 15.0 Å². The standard InChI is InChI=1S/C24H22ClNO4/c1-24(2,28)16-30-21-11-10-20(15-22(21)29-3)26-13-12-18(14-23(26)27)5-4-17-6-8-19(25)9-7-17/h6-15,28H,16H2,1-3H3. The number of halogens is 1. The van der Waals surface area contributed by atoms with Crippen LogP contribution in [-0.2, 0) is 0 Å². The lowest BCUT2D eigenvalue weighted by Gasteiger charge is -2.19. The Bertz CT molecular complexity index is 1150. The molecule has 0 aliphatic rings. The van der Waals surface area contributed by atoms with Crippen LogP contribution in [0.1, 0.15) is 25.0 Å². The molecule has 30 heavy (non-hydrogen) atoms. The van der Waals surface area contributed by atoms with E-state index in [-0.39, 0.29) is 12.2 Å². The minimum Gasteiger partial charge on any atom is -0.493 e. The summed E-state index contributed by atoms with van der Waals surface area (Å²) in [4.78, 5) is 12.6. The van der Waals surface area contributed by atoms with E-state index in [1.54, 1.807) is 56.4 Å². The van der Waals surface area contributed by atoms with Crippen LogP contribution in [0.4, 0.5) is 0 Å². The van der Waals surface area contributed by atoms with Crippen molar-refractivity contribution in [3.05, 3.63) is 87.3 Å². The van der Waals surface area contributed by atoms with Crippen LogP contribution in [0.2, 0.25) is 5.02 Å². The van der Waals surface area contributed by atoms with Crippen molar-refractivity contribution in [1.29, 1.82) is 0 Å². The third kappa shape index (κ3) is 5.66. The maximum atomic E-state index is 12.6. The van der Waals surface area contributed by atoms with Gasteiger partial charge in [-0.3, -0.25) is 9.36 Å². The summed E-state index contributed by atoms with van der Waals surface area (Å²) in [5.41, 5.74) is 0.872. The molecule has 0 amide bonds. The van der Waals surface area contributed by atoms with Gasteiger partial charge in [-0.1, -0.05) is 23.4 Å². The molecular formula is C24H22ClNO4. The molecule has 0 spiro atoms. The molecule has 3 rings (SSSR count). The fourth-order valence-corrected chi connectivity index (χ4v) is 2.75. The first kappa shape index (κ1) is 21.5. The van der Waals surface area contributed by atoms with Gasteiger partial charge in [0.2, 0.25) is 0 Å².